The molecule has 0 saturated carbocycles. The summed E-state index contributed by atoms with van der Waals surface area (Å²) in [7, 11) is 0. The molecular weight excluding hydrogens is 298 g/mol. The zero-order valence-electron chi connectivity index (χ0n) is 13.4. The highest BCUT2D eigenvalue weighted by atomic mass is 16.5. The van der Waals surface area contributed by atoms with Crippen LogP contribution in [0.4, 0.5) is 5.82 Å². The molecule has 4 rings (SSSR count). The van der Waals surface area contributed by atoms with Crippen LogP contribution in [0.2, 0.25) is 0 Å². The van der Waals surface area contributed by atoms with Gasteiger partial charge in [-0.15, -0.1) is 0 Å². The molecule has 0 aliphatic heterocycles. The lowest BCUT2D eigenvalue weighted by atomic mass is 10.1. The van der Waals surface area contributed by atoms with E-state index in [1.807, 2.05) is 48.8 Å². The van der Waals surface area contributed by atoms with Crippen LogP contribution in [0, 0.1) is 6.92 Å². The normalized spacial score (nSPS) is 10.9. The summed E-state index contributed by atoms with van der Waals surface area (Å²) in [6.45, 7) is 2.98. The fourth-order valence-corrected chi connectivity index (χ4v) is 2.69. The van der Waals surface area contributed by atoms with Gasteiger partial charge in [0.2, 0.25) is 5.82 Å². The Morgan fingerprint density at radius 3 is 2.54 bits per heavy atom. The molecule has 2 aromatic carbocycles. The predicted octanol–water partition coefficient (Wildman–Crippen LogP) is 4.22. The number of pyridine rings is 1. The summed E-state index contributed by atoms with van der Waals surface area (Å²) < 4.78 is 7.43. The van der Waals surface area contributed by atoms with Crippen LogP contribution >= 0.6 is 0 Å². The quantitative estimate of drug-likeness (QED) is 0.568. The maximum atomic E-state index is 5.29. The van der Waals surface area contributed by atoms with Crippen molar-refractivity contribution >= 4 is 16.8 Å². The van der Waals surface area contributed by atoms with Crippen molar-refractivity contribution in [1.29, 1.82) is 0 Å². The first kappa shape index (κ1) is 14.5. The van der Waals surface area contributed by atoms with Crippen molar-refractivity contribution < 1.29 is 4.52 Å². The monoisotopic (exact) mass is 315 g/mol. The van der Waals surface area contributed by atoms with Crippen LogP contribution < -0.4 is 5.36 Å². The Morgan fingerprint density at radius 2 is 1.71 bits per heavy atom. The lowest BCUT2D eigenvalue weighted by Gasteiger charge is -2.08. The number of fused-ring (bicyclic) bond motifs is 1. The van der Waals surface area contributed by atoms with Crippen molar-refractivity contribution in [1.82, 2.24) is 9.72 Å². The molecule has 0 bridgehead atoms. The smallest absolute Gasteiger partial charge is 0.203 e. The number of nitrogens with zero attached hydrogens (tertiary/aromatic N) is 3. The highest BCUT2D eigenvalue weighted by Gasteiger charge is 2.04. The second-order valence-corrected chi connectivity index (χ2v) is 5.77. The molecule has 0 unspecified atom stereocenters. The predicted molar refractivity (Wildman–Crippen MR) is 93.9 cm³/mol. The molecular formula is C20H17N3O. The molecule has 0 amide bonds. The Hall–Kier alpha value is -3.14. The average molecular weight is 315 g/mol. The van der Waals surface area contributed by atoms with E-state index in [-0.39, 0.29) is 0 Å². The van der Waals surface area contributed by atoms with Crippen LogP contribution in [0.3, 0.4) is 0 Å². The number of aromatic nitrogens is 2. The molecule has 118 valence electrons. The van der Waals surface area contributed by atoms with E-state index in [9.17, 15) is 0 Å². The van der Waals surface area contributed by atoms with E-state index in [1.54, 1.807) is 0 Å². The third-order valence-corrected chi connectivity index (χ3v) is 4.08. The SMILES string of the molecule is Cc1ccccc1Cn1ccc(=Nc2noc3ccccc23)cc1. The van der Waals surface area contributed by atoms with Crippen molar-refractivity contribution in [3.05, 3.63) is 89.5 Å². The van der Waals surface area contributed by atoms with Crippen LogP contribution in [0.15, 0.2) is 82.6 Å². The van der Waals surface area contributed by atoms with Gasteiger partial charge in [-0.2, -0.15) is 0 Å². The minimum Gasteiger partial charge on any atom is -0.354 e. The van der Waals surface area contributed by atoms with Crippen molar-refractivity contribution in [3.63, 3.8) is 0 Å². The molecule has 0 radical (unpaired) electrons. The van der Waals surface area contributed by atoms with Gasteiger partial charge >= 0.3 is 0 Å². The number of benzene rings is 2. The Balaban J connectivity index is 1.63. The van der Waals surface area contributed by atoms with Gasteiger partial charge < -0.3 is 9.09 Å². The van der Waals surface area contributed by atoms with Gasteiger partial charge in [0.15, 0.2) is 5.58 Å². The van der Waals surface area contributed by atoms with Gasteiger partial charge in [0.05, 0.1) is 10.7 Å². The molecule has 4 nitrogen and oxygen atoms in total. The van der Waals surface area contributed by atoms with Crippen molar-refractivity contribution in [3.8, 4) is 0 Å². The van der Waals surface area contributed by atoms with E-state index in [1.165, 1.54) is 11.1 Å². The van der Waals surface area contributed by atoms with Crippen LogP contribution in [0.1, 0.15) is 11.1 Å². The maximum absolute atomic E-state index is 5.29. The Morgan fingerprint density at radius 1 is 0.958 bits per heavy atom. The van der Waals surface area contributed by atoms with Crippen molar-refractivity contribution in [2.75, 3.05) is 0 Å². The lowest BCUT2D eigenvalue weighted by Crippen LogP contribution is -2.06. The molecule has 0 atom stereocenters. The lowest BCUT2D eigenvalue weighted by molar-refractivity contribution is 0.458. The molecule has 0 saturated heterocycles. The molecule has 4 heteroatoms. The zero-order chi connectivity index (χ0) is 16.4. The first-order chi connectivity index (χ1) is 11.8. The molecule has 2 heterocycles. The van der Waals surface area contributed by atoms with Gasteiger partial charge in [-0.05, 0) is 42.3 Å². The molecule has 0 spiro atoms. The highest BCUT2D eigenvalue weighted by Crippen LogP contribution is 2.23. The fourth-order valence-electron chi connectivity index (χ4n) is 2.69. The van der Waals surface area contributed by atoms with E-state index in [4.69, 9.17) is 4.52 Å². The first-order valence-corrected chi connectivity index (χ1v) is 7.89. The highest BCUT2D eigenvalue weighted by molar-refractivity contribution is 5.86. The van der Waals surface area contributed by atoms with Gasteiger partial charge in [-0.1, -0.05) is 41.6 Å². The minimum absolute atomic E-state index is 0.613. The number of rotatable bonds is 3. The molecule has 0 fully saturated rings. The summed E-state index contributed by atoms with van der Waals surface area (Å²) in [6, 6.07) is 20.1. The summed E-state index contributed by atoms with van der Waals surface area (Å²) in [4.78, 5) is 4.58. The van der Waals surface area contributed by atoms with Crippen molar-refractivity contribution in [2.45, 2.75) is 13.5 Å². The standard InChI is InChI=1S/C20H17N3O/c1-15-6-2-3-7-16(15)14-23-12-10-17(11-13-23)21-20-18-8-4-5-9-19(18)24-22-20/h2-13H,14H2,1H3. The zero-order valence-corrected chi connectivity index (χ0v) is 13.4. The summed E-state index contributed by atoms with van der Waals surface area (Å²) in [5.41, 5.74) is 3.37. The van der Waals surface area contributed by atoms with Gasteiger partial charge in [0, 0.05) is 18.9 Å². The topological polar surface area (TPSA) is 43.3 Å². The van der Waals surface area contributed by atoms with E-state index in [2.05, 4.69) is 45.9 Å². The van der Waals surface area contributed by atoms with Crippen LogP contribution in [-0.4, -0.2) is 9.72 Å². The second-order valence-electron chi connectivity index (χ2n) is 5.77. The Bertz CT molecular complexity index is 1040. The summed E-state index contributed by atoms with van der Waals surface area (Å²) in [5.74, 6) is 0.613. The largest absolute Gasteiger partial charge is 0.354 e. The fraction of sp³-hybridized carbons (Fsp3) is 0.100. The van der Waals surface area contributed by atoms with Gasteiger partial charge in [-0.25, -0.2) is 4.99 Å². The Labute approximate surface area is 139 Å². The summed E-state index contributed by atoms with van der Waals surface area (Å²) in [6.07, 6.45) is 4.07. The molecule has 0 N–H and O–H groups in total. The maximum Gasteiger partial charge on any atom is 0.203 e. The van der Waals surface area contributed by atoms with Crippen LogP contribution in [0.5, 0.6) is 0 Å². The number of aryl methyl sites for hydroxylation is 1. The molecule has 2 aromatic heterocycles. The van der Waals surface area contributed by atoms with Gasteiger partial charge in [0.1, 0.15) is 0 Å². The van der Waals surface area contributed by atoms with E-state index >= 15 is 0 Å². The number of hydrogen-bond acceptors (Lipinski definition) is 3. The first-order valence-electron chi connectivity index (χ1n) is 7.89. The molecule has 24 heavy (non-hydrogen) atoms. The average Bonchev–Trinajstić information content (AvgIpc) is 3.02. The van der Waals surface area contributed by atoms with Gasteiger partial charge in [0.25, 0.3) is 0 Å². The Kier molecular flexibility index (Phi) is 3.71. The molecule has 0 aliphatic rings. The summed E-state index contributed by atoms with van der Waals surface area (Å²) >= 11 is 0. The van der Waals surface area contributed by atoms with E-state index in [0.717, 1.165) is 22.9 Å². The van der Waals surface area contributed by atoms with Crippen molar-refractivity contribution in [2.24, 2.45) is 4.99 Å². The molecule has 4 aromatic rings. The van der Waals surface area contributed by atoms with E-state index < -0.39 is 0 Å². The minimum atomic E-state index is 0.613. The third-order valence-electron chi connectivity index (χ3n) is 4.08. The third kappa shape index (κ3) is 2.86. The van der Waals surface area contributed by atoms with Gasteiger partial charge in [-0.3, -0.25) is 0 Å². The number of para-hydroxylation sites is 1. The van der Waals surface area contributed by atoms with Crippen LogP contribution in [-0.2, 0) is 6.54 Å². The van der Waals surface area contributed by atoms with Crippen LogP contribution in [0.25, 0.3) is 11.0 Å². The number of hydrogen-bond donors (Lipinski definition) is 0. The second kappa shape index (κ2) is 6.16. The summed E-state index contributed by atoms with van der Waals surface area (Å²) in [5, 5.41) is 5.83. The molecule has 0 aliphatic carbocycles. The van der Waals surface area contributed by atoms with E-state index in [0.29, 0.717) is 5.82 Å².